The fourth-order valence-corrected chi connectivity index (χ4v) is 2.34. The molecule has 0 bridgehead atoms. The Morgan fingerprint density at radius 1 is 1.67 bits per heavy atom. The molecule has 0 saturated carbocycles. The van der Waals surface area contributed by atoms with E-state index in [2.05, 4.69) is 15.5 Å². The van der Waals surface area contributed by atoms with Gasteiger partial charge in [0.05, 0.1) is 12.2 Å². The molecule has 0 aliphatic rings. The molecule has 18 heavy (non-hydrogen) atoms. The molecule has 2 N–H and O–H groups in total. The number of aromatic nitrogens is 3. The number of amides is 1. The number of H-pyrrole nitrogens is 1. The monoisotopic (exact) mass is 266 g/mol. The fraction of sp³-hybridized carbons (Fsp3) is 0.364. The zero-order chi connectivity index (χ0) is 13.1. The molecular formula is C11H14N4O2S. The number of aromatic amines is 1. The van der Waals surface area contributed by atoms with Crippen molar-refractivity contribution in [2.75, 3.05) is 0 Å². The topological polar surface area (TPSA) is 79.8 Å². The summed E-state index contributed by atoms with van der Waals surface area (Å²) in [5, 5.41) is 11.1. The Morgan fingerprint density at radius 2 is 2.44 bits per heavy atom. The molecule has 0 spiro atoms. The summed E-state index contributed by atoms with van der Waals surface area (Å²) in [6.45, 7) is 3.73. The molecule has 2 aromatic rings. The summed E-state index contributed by atoms with van der Waals surface area (Å²) in [5.74, 6) is -0.188. The molecule has 1 atom stereocenters. The minimum atomic E-state index is -0.188. The largest absolute Gasteiger partial charge is 0.348 e. The first-order valence-corrected chi connectivity index (χ1v) is 6.39. The summed E-state index contributed by atoms with van der Waals surface area (Å²) in [6.07, 6.45) is 3.39. The maximum absolute atomic E-state index is 11.8. The van der Waals surface area contributed by atoms with Gasteiger partial charge in [0, 0.05) is 22.8 Å². The first-order valence-electron chi connectivity index (χ1n) is 5.51. The number of nitrogens with zero attached hydrogens (tertiary/aromatic N) is 2. The second-order valence-electron chi connectivity index (χ2n) is 4.05. The van der Waals surface area contributed by atoms with Crippen LogP contribution in [0, 0.1) is 6.92 Å². The van der Waals surface area contributed by atoms with E-state index in [1.54, 1.807) is 17.8 Å². The summed E-state index contributed by atoms with van der Waals surface area (Å²) >= 11 is 1.10. The molecule has 0 aliphatic heterocycles. The van der Waals surface area contributed by atoms with E-state index in [0.29, 0.717) is 0 Å². The Balaban J connectivity index is 1.99. The second kappa shape index (κ2) is 5.18. The van der Waals surface area contributed by atoms with Crippen LogP contribution in [0.5, 0.6) is 0 Å². The van der Waals surface area contributed by atoms with Gasteiger partial charge in [-0.2, -0.15) is 5.10 Å². The van der Waals surface area contributed by atoms with E-state index < -0.39 is 0 Å². The molecule has 0 radical (unpaired) electrons. The predicted molar refractivity (Wildman–Crippen MR) is 68.5 cm³/mol. The van der Waals surface area contributed by atoms with Gasteiger partial charge in [-0.05, 0) is 13.8 Å². The second-order valence-corrected chi connectivity index (χ2v) is 4.87. The zero-order valence-corrected chi connectivity index (χ0v) is 11.0. The van der Waals surface area contributed by atoms with Gasteiger partial charge >= 0.3 is 4.87 Å². The average molecular weight is 266 g/mol. The number of rotatable bonds is 4. The lowest BCUT2D eigenvalue weighted by molar-refractivity contribution is -0.122. The van der Waals surface area contributed by atoms with E-state index in [4.69, 9.17) is 0 Å². The standard InChI is InChI=1S/C11H14N4O2S/c1-7-6-18-11(17)15(7)5-10(16)14-8(2)9-3-12-13-4-9/h3-4,6,8H,5H2,1-2H3,(H,12,13)(H,14,16). The van der Waals surface area contributed by atoms with Crippen LogP contribution >= 0.6 is 11.3 Å². The van der Waals surface area contributed by atoms with Gasteiger partial charge in [-0.25, -0.2) is 0 Å². The van der Waals surface area contributed by atoms with Crippen molar-refractivity contribution < 1.29 is 4.79 Å². The fourth-order valence-electron chi connectivity index (χ4n) is 1.61. The molecule has 1 amide bonds. The third-order valence-electron chi connectivity index (χ3n) is 2.68. The van der Waals surface area contributed by atoms with E-state index >= 15 is 0 Å². The van der Waals surface area contributed by atoms with Crippen molar-refractivity contribution in [3.8, 4) is 0 Å². The van der Waals surface area contributed by atoms with Crippen LogP contribution in [0.2, 0.25) is 0 Å². The molecule has 0 aromatic carbocycles. The maximum Gasteiger partial charge on any atom is 0.307 e. The Kier molecular flexibility index (Phi) is 3.61. The summed E-state index contributed by atoms with van der Waals surface area (Å²) < 4.78 is 1.46. The highest BCUT2D eigenvalue weighted by atomic mass is 32.1. The van der Waals surface area contributed by atoms with Crippen molar-refractivity contribution in [1.82, 2.24) is 20.1 Å². The van der Waals surface area contributed by atoms with Gasteiger partial charge in [-0.15, -0.1) is 0 Å². The van der Waals surface area contributed by atoms with Gasteiger partial charge in [-0.3, -0.25) is 19.3 Å². The molecule has 0 aliphatic carbocycles. The van der Waals surface area contributed by atoms with E-state index in [1.807, 2.05) is 13.8 Å². The number of nitrogens with one attached hydrogen (secondary N) is 2. The van der Waals surface area contributed by atoms with Crippen molar-refractivity contribution in [3.63, 3.8) is 0 Å². The van der Waals surface area contributed by atoms with E-state index in [0.717, 1.165) is 22.6 Å². The van der Waals surface area contributed by atoms with Crippen LogP contribution in [-0.2, 0) is 11.3 Å². The Bertz CT molecular complexity index is 584. The first-order chi connectivity index (χ1) is 8.58. The number of thiazole rings is 1. The minimum Gasteiger partial charge on any atom is -0.348 e. The maximum atomic E-state index is 11.8. The van der Waals surface area contributed by atoms with Crippen molar-refractivity contribution in [1.29, 1.82) is 0 Å². The predicted octanol–water partition coefficient (Wildman–Crippen LogP) is 0.819. The van der Waals surface area contributed by atoms with Crippen LogP contribution in [0.15, 0.2) is 22.6 Å². The highest BCUT2D eigenvalue weighted by Crippen LogP contribution is 2.09. The molecule has 0 saturated heterocycles. The molecule has 2 rings (SSSR count). The summed E-state index contributed by atoms with van der Waals surface area (Å²) in [4.78, 5) is 23.2. The quantitative estimate of drug-likeness (QED) is 0.859. The summed E-state index contributed by atoms with van der Waals surface area (Å²) in [6, 6.07) is -0.133. The number of carbonyl (C=O) groups is 1. The normalized spacial score (nSPS) is 12.3. The number of hydrogen-bond donors (Lipinski definition) is 2. The third kappa shape index (κ3) is 2.67. The van der Waals surface area contributed by atoms with Gasteiger partial charge in [0.1, 0.15) is 6.54 Å². The Morgan fingerprint density at radius 3 is 3.00 bits per heavy atom. The molecule has 7 heteroatoms. The zero-order valence-electron chi connectivity index (χ0n) is 10.1. The van der Waals surface area contributed by atoms with Crippen LogP contribution in [0.4, 0.5) is 0 Å². The highest BCUT2D eigenvalue weighted by Gasteiger charge is 2.12. The van der Waals surface area contributed by atoms with Gasteiger partial charge < -0.3 is 5.32 Å². The molecule has 2 heterocycles. The molecule has 96 valence electrons. The van der Waals surface area contributed by atoms with Crippen molar-refractivity contribution in [2.45, 2.75) is 26.4 Å². The molecule has 6 nitrogen and oxygen atoms in total. The average Bonchev–Trinajstić information content (AvgIpc) is 2.94. The molecule has 2 aromatic heterocycles. The van der Waals surface area contributed by atoms with Crippen molar-refractivity contribution in [3.05, 3.63) is 38.7 Å². The first kappa shape index (κ1) is 12.6. The number of hydrogen-bond acceptors (Lipinski definition) is 4. The van der Waals surface area contributed by atoms with Gasteiger partial charge in [-0.1, -0.05) is 11.3 Å². The van der Waals surface area contributed by atoms with Gasteiger partial charge in [0.2, 0.25) is 5.91 Å². The van der Waals surface area contributed by atoms with Crippen LogP contribution in [0.1, 0.15) is 24.2 Å². The van der Waals surface area contributed by atoms with Crippen LogP contribution in [-0.4, -0.2) is 20.7 Å². The lowest BCUT2D eigenvalue weighted by Gasteiger charge is -2.12. The molecular weight excluding hydrogens is 252 g/mol. The SMILES string of the molecule is Cc1csc(=O)n1CC(=O)NC(C)c1cn[nH]c1. The summed E-state index contributed by atoms with van der Waals surface area (Å²) in [5.41, 5.74) is 1.70. The third-order valence-corrected chi connectivity index (χ3v) is 3.56. The van der Waals surface area contributed by atoms with Gasteiger partial charge in [0.25, 0.3) is 0 Å². The minimum absolute atomic E-state index is 0.0519. The highest BCUT2D eigenvalue weighted by molar-refractivity contribution is 7.07. The van der Waals surface area contributed by atoms with E-state index in [-0.39, 0.29) is 23.4 Å². The van der Waals surface area contributed by atoms with Crippen LogP contribution in [0.25, 0.3) is 0 Å². The number of aryl methyl sites for hydroxylation is 1. The Hall–Kier alpha value is -1.89. The lowest BCUT2D eigenvalue weighted by Crippen LogP contribution is -2.32. The van der Waals surface area contributed by atoms with Crippen LogP contribution < -0.4 is 10.2 Å². The Labute approximate surface area is 108 Å². The summed E-state index contributed by atoms with van der Waals surface area (Å²) in [7, 11) is 0. The van der Waals surface area contributed by atoms with Crippen molar-refractivity contribution in [2.24, 2.45) is 0 Å². The molecule has 0 fully saturated rings. The van der Waals surface area contributed by atoms with Crippen LogP contribution in [0.3, 0.4) is 0 Å². The van der Waals surface area contributed by atoms with E-state index in [1.165, 1.54) is 4.57 Å². The van der Waals surface area contributed by atoms with Gasteiger partial charge in [0.15, 0.2) is 0 Å². The lowest BCUT2D eigenvalue weighted by atomic mass is 10.2. The smallest absolute Gasteiger partial charge is 0.307 e. The van der Waals surface area contributed by atoms with E-state index in [9.17, 15) is 9.59 Å². The number of carbonyl (C=O) groups excluding carboxylic acids is 1. The van der Waals surface area contributed by atoms with Crippen molar-refractivity contribution >= 4 is 17.2 Å². The molecule has 1 unspecified atom stereocenters.